The van der Waals surface area contributed by atoms with Gasteiger partial charge in [-0.25, -0.2) is 4.79 Å². The van der Waals surface area contributed by atoms with Crippen LogP contribution in [-0.4, -0.2) is 30.7 Å². The number of amides is 2. The van der Waals surface area contributed by atoms with E-state index in [1.165, 1.54) is 0 Å². The standard InChI is InChI=1S/C14H28N2O3/c1-11(2)8-10-15-12(17)7-6-9-16-13(18)19-14(3,4)5/h11H,6-10H2,1-5H3,(H,15,17)(H,16,18). The Hall–Kier alpha value is -1.26. The van der Waals surface area contributed by atoms with Crippen molar-refractivity contribution in [3.8, 4) is 0 Å². The predicted octanol–water partition coefficient (Wildman–Crippen LogP) is 2.45. The SMILES string of the molecule is CC(C)CCNC(=O)CCCNC(=O)OC(C)(C)C. The number of hydrogen-bond acceptors (Lipinski definition) is 3. The molecule has 0 rings (SSSR count). The van der Waals surface area contributed by atoms with Gasteiger partial charge in [0.1, 0.15) is 5.60 Å². The monoisotopic (exact) mass is 272 g/mol. The van der Waals surface area contributed by atoms with Gasteiger partial charge in [-0.05, 0) is 39.5 Å². The first kappa shape index (κ1) is 17.7. The maximum absolute atomic E-state index is 11.4. The highest BCUT2D eigenvalue weighted by molar-refractivity contribution is 5.75. The number of alkyl carbamates (subject to hydrolysis) is 1. The van der Waals surface area contributed by atoms with Crippen molar-refractivity contribution in [1.29, 1.82) is 0 Å². The van der Waals surface area contributed by atoms with Gasteiger partial charge in [0.2, 0.25) is 5.91 Å². The number of rotatable bonds is 7. The molecule has 2 N–H and O–H groups in total. The maximum Gasteiger partial charge on any atom is 0.407 e. The van der Waals surface area contributed by atoms with Crippen LogP contribution in [0.2, 0.25) is 0 Å². The van der Waals surface area contributed by atoms with E-state index in [0.29, 0.717) is 25.3 Å². The van der Waals surface area contributed by atoms with E-state index < -0.39 is 11.7 Å². The van der Waals surface area contributed by atoms with E-state index in [0.717, 1.165) is 13.0 Å². The summed E-state index contributed by atoms with van der Waals surface area (Å²) in [6.07, 6.45) is 1.59. The first-order valence-corrected chi connectivity index (χ1v) is 6.94. The molecule has 0 aliphatic carbocycles. The van der Waals surface area contributed by atoms with Crippen LogP contribution in [0.15, 0.2) is 0 Å². The molecule has 0 unspecified atom stereocenters. The molecule has 2 amide bonds. The lowest BCUT2D eigenvalue weighted by Crippen LogP contribution is -2.33. The predicted molar refractivity (Wildman–Crippen MR) is 75.9 cm³/mol. The smallest absolute Gasteiger partial charge is 0.407 e. The second-order valence-electron chi connectivity index (χ2n) is 6.06. The van der Waals surface area contributed by atoms with Crippen LogP contribution in [0.5, 0.6) is 0 Å². The van der Waals surface area contributed by atoms with Gasteiger partial charge in [0.25, 0.3) is 0 Å². The highest BCUT2D eigenvalue weighted by Gasteiger charge is 2.15. The summed E-state index contributed by atoms with van der Waals surface area (Å²) in [5, 5.41) is 5.49. The topological polar surface area (TPSA) is 67.4 Å². The molecular weight excluding hydrogens is 244 g/mol. The first-order valence-electron chi connectivity index (χ1n) is 6.94. The normalized spacial score (nSPS) is 11.3. The fourth-order valence-electron chi connectivity index (χ4n) is 1.34. The van der Waals surface area contributed by atoms with Gasteiger partial charge in [0.05, 0.1) is 0 Å². The summed E-state index contributed by atoms with van der Waals surface area (Å²) in [7, 11) is 0. The van der Waals surface area contributed by atoms with Gasteiger partial charge in [-0.2, -0.15) is 0 Å². The summed E-state index contributed by atoms with van der Waals surface area (Å²) in [4.78, 5) is 22.8. The van der Waals surface area contributed by atoms with E-state index >= 15 is 0 Å². The lowest BCUT2D eigenvalue weighted by atomic mass is 10.1. The summed E-state index contributed by atoms with van der Waals surface area (Å²) >= 11 is 0. The van der Waals surface area contributed by atoms with Gasteiger partial charge in [-0.15, -0.1) is 0 Å². The third kappa shape index (κ3) is 13.0. The minimum absolute atomic E-state index is 0.0339. The first-order chi connectivity index (χ1) is 8.70. The highest BCUT2D eigenvalue weighted by Crippen LogP contribution is 2.06. The van der Waals surface area contributed by atoms with Crippen LogP contribution in [0.3, 0.4) is 0 Å². The second kappa shape index (κ2) is 8.77. The fraction of sp³-hybridized carbons (Fsp3) is 0.857. The fourth-order valence-corrected chi connectivity index (χ4v) is 1.34. The van der Waals surface area contributed by atoms with Crippen LogP contribution in [-0.2, 0) is 9.53 Å². The Morgan fingerprint density at radius 2 is 1.74 bits per heavy atom. The second-order valence-corrected chi connectivity index (χ2v) is 6.06. The van der Waals surface area contributed by atoms with Crippen molar-refractivity contribution in [2.75, 3.05) is 13.1 Å². The van der Waals surface area contributed by atoms with Crippen molar-refractivity contribution in [1.82, 2.24) is 10.6 Å². The highest BCUT2D eigenvalue weighted by atomic mass is 16.6. The van der Waals surface area contributed by atoms with Gasteiger partial charge in [-0.1, -0.05) is 13.8 Å². The molecule has 0 saturated heterocycles. The number of ether oxygens (including phenoxy) is 1. The third-order valence-corrected chi connectivity index (χ3v) is 2.29. The van der Waals surface area contributed by atoms with E-state index in [1.807, 2.05) is 20.8 Å². The van der Waals surface area contributed by atoms with Crippen molar-refractivity contribution >= 4 is 12.0 Å². The summed E-state index contributed by atoms with van der Waals surface area (Å²) in [5.41, 5.74) is -0.488. The Kier molecular flexibility index (Phi) is 8.19. The Balaban J connectivity index is 3.53. The lowest BCUT2D eigenvalue weighted by molar-refractivity contribution is -0.121. The summed E-state index contributed by atoms with van der Waals surface area (Å²) in [6, 6.07) is 0. The number of carbonyl (C=O) groups excluding carboxylic acids is 2. The van der Waals surface area contributed by atoms with E-state index in [4.69, 9.17) is 4.74 Å². The molecule has 0 fully saturated rings. The average molecular weight is 272 g/mol. The van der Waals surface area contributed by atoms with E-state index in [1.54, 1.807) is 0 Å². The van der Waals surface area contributed by atoms with Crippen LogP contribution in [0.1, 0.15) is 53.9 Å². The van der Waals surface area contributed by atoms with Gasteiger partial charge in [0.15, 0.2) is 0 Å². The number of hydrogen-bond donors (Lipinski definition) is 2. The van der Waals surface area contributed by atoms with Gasteiger partial charge in [0, 0.05) is 19.5 Å². The zero-order valence-corrected chi connectivity index (χ0v) is 12.8. The van der Waals surface area contributed by atoms with Crippen molar-refractivity contribution in [3.63, 3.8) is 0 Å². The van der Waals surface area contributed by atoms with Crippen LogP contribution in [0, 0.1) is 5.92 Å². The zero-order valence-electron chi connectivity index (χ0n) is 12.8. The Bertz CT molecular complexity index is 283. The molecule has 0 aromatic carbocycles. The molecule has 112 valence electrons. The molecule has 5 nitrogen and oxygen atoms in total. The summed E-state index contributed by atoms with van der Waals surface area (Å²) in [6.45, 7) is 10.9. The van der Waals surface area contributed by atoms with Gasteiger partial charge in [-0.3, -0.25) is 4.79 Å². The lowest BCUT2D eigenvalue weighted by Gasteiger charge is -2.19. The molecule has 0 aliphatic rings. The molecule has 0 spiro atoms. The molecule has 5 heteroatoms. The Labute approximate surface area is 116 Å². The number of nitrogens with one attached hydrogen (secondary N) is 2. The van der Waals surface area contributed by atoms with Crippen molar-refractivity contribution in [2.45, 2.75) is 59.5 Å². The molecule has 0 aromatic rings. The Morgan fingerprint density at radius 3 is 2.26 bits per heavy atom. The molecule has 19 heavy (non-hydrogen) atoms. The van der Waals surface area contributed by atoms with Crippen molar-refractivity contribution < 1.29 is 14.3 Å². The molecule has 0 heterocycles. The largest absolute Gasteiger partial charge is 0.444 e. The Morgan fingerprint density at radius 1 is 1.11 bits per heavy atom. The van der Waals surface area contributed by atoms with Gasteiger partial charge >= 0.3 is 6.09 Å². The van der Waals surface area contributed by atoms with Crippen LogP contribution < -0.4 is 10.6 Å². The molecule has 0 radical (unpaired) electrons. The quantitative estimate of drug-likeness (QED) is 0.700. The van der Waals surface area contributed by atoms with Crippen LogP contribution in [0.25, 0.3) is 0 Å². The molecule has 0 bridgehead atoms. The minimum Gasteiger partial charge on any atom is -0.444 e. The number of carbonyl (C=O) groups is 2. The van der Waals surface area contributed by atoms with E-state index in [2.05, 4.69) is 24.5 Å². The van der Waals surface area contributed by atoms with Gasteiger partial charge < -0.3 is 15.4 Å². The van der Waals surface area contributed by atoms with Crippen LogP contribution in [0.4, 0.5) is 4.79 Å². The van der Waals surface area contributed by atoms with E-state index in [-0.39, 0.29) is 5.91 Å². The van der Waals surface area contributed by atoms with Crippen molar-refractivity contribution in [2.24, 2.45) is 5.92 Å². The summed E-state index contributed by atoms with van der Waals surface area (Å²) in [5.74, 6) is 0.626. The molecular formula is C14H28N2O3. The van der Waals surface area contributed by atoms with Crippen LogP contribution >= 0.6 is 0 Å². The average Bonchev–Trinajstić information content (AvgIpc) is 2.21. The molecule has 0 aliphatic heterocycles. The minimum atomic E-state index is -0.488. The zero-order chi connectivity index (χ0) is 14.9. The van der Waals surface area contributed by atoms with Crippen molar-refractivity contribution in [3.05, 3.63) is 0 Å². The molecule has 0 aromatic heterocycles. The molecule has 0 atom stereocenters. The third-order valence-electron chi connectivity index (χ3n) is 2.29. The molecule has 0 saturated carbocycles. The summed E-state index contributed by atoms with van der Waals surface area (Å²) < 4.78 is 5.09. The maximum atomic E-state index is 11.4. The van der Waals surface area contributed by atoms with E-state index in [9.17, 15) is 9.59 Å².